The Bertz CT molecular complexity index is 1440. The van der Waals surface area contributed by atoms with Gasteiger partial charge in [0.25, 0.3) is 5.91 Å². The number of hydrogen-bond donors (Lipinski definition) is 3. The van der Waals surface area contributed by atoms with Gasteiger partial charge in [0.15, 0.2) is 11.8 Å². The number of aliphatic hydroxyl groups excluding tert-OH is 1. The van der Waals surface area contributed by atoms with E-state index in [1.807, 2.05) is 36.4 Å². The van der Waals surface area contributed by atoms with Crippen LogP contribution in [0.1, 0.15) is 55.4 Å². The maximum atomic E-state index is 12.5. The predicted octanol–water partition coefficient (Wildman–Crippen LogP) is 5.53. The highest BCUT2D eigenvalue weighted by Gasteiger charge is 2.63. The van der Waals surface area contributed by atoms with Crippen LogP contribution >= 0.6 is 11.8 Å². The van der Waals surface area contributed by atoms with Crippen LogP contribution in [0, 0.1) is 10.8 Å². The second-order valence-electron chi connectivity index (χ2n) is 10.7. The van der Waals surface area contributed by atoms with Gasteiger partial charge in [-0.2, -0.15) is 0 Å². The molecule has 3 N–H and O–H groups in total. The Morgan fingerprint density at radius 1 is 1.11 bits per heavy atom. The monoisotopic (exact) mass is 500 g/mol. The van der Waals surface area contributed by atoms with Gasteiger partial charge in [0.1, 0.15) is 11.5 Å². The number of benzene rings is 2. The molecule has 2 aliphatic heterocycles. The van der Waals surface area contributed by atoms with Crippen LogP contribution in [-0.2, 0) is 6.42 Å². The summed E-state index contributed by atoms with van der Waals surface area (Å²) in [6.07, 6.45) is 5.85. The fourth-order valence-corrected chi connectivity index (χ4v) is 7.39. The molecule has 0 saturated carbocycles. The van der Waals surface area contributed by atoms with E-state index in [1.54, 1.807) is 17.8 Å². The van der Waals surface area contributed by atoms with Crippen molar-refractivity contribution < 1.29 is 19.8 Å². The third-order valence-electron chi connectivity index (χ3n) is 8.36. The lowest BCUT2D eigenvalue weighted by molar-refractivity contribution is 0.00728. The molecular weight excluding hydrogens is 472 g/mol. The van der Waals surface area contributed by atoms with Gasteiger partial charge in [-0.3, -0.25) is 4.79 Å². The normalized spacial score (nSPS) is 30.6. The Hall–Kier alpha value is -3.29. The van der Waals surface area contributed by atoms with E-state index < -0.39 is 22.7 Å². The fourth-order valence-electron chi connectivity index (χ4n) is 6.23. The number of oxime groups is 1. The first-order chi connectivity index (χ1) is 17.1. The first kappa shape index (κ1) is 23.1. The zero-order valence-electron chi connectivity index (χ0n) is 20.6. The summed E-state index contributed by atoms with van der Waals surface area (Å²) in [4.78, 5) is 14.3. The Morgan fingerprint density at radius 3 is 2.58 bits per heavy atom. The zero-order valence-corrected chi connectivity index (χ0v) is 21.4. The highest BCUT2D eigenvalue weighted by molar-refractivity contribution is 8.04. The van der Waals surface area contributed by atoms with Crippen molar-refractivity contribution in [3.8, 4) is 5.75 Å². The zero-order chi connectivity index (χ0) is 25.5. The van der Waals surface area contributed by atoms with Crippen LogP contribution in [0.3, 0.4) is 0 Å². The lowest BCUT2D eigenvalue weighted by Gasteiger charge is -2.58. The van der Waals surface area contributed by atoms with Gasteiger partial charge in [0, 0.05) is 20.6 Å². The summed E-state index contributed by atoms with van der Waals surface area (Å²) in [7, 11) is 0. The summed E-state index contributed by atoms with van der Waals surface area (Å²) in [5, 5.41) is 27.3. The van der Waals surface area contributed by atoms with Gasteiger partial charge in [-0.15, -0.1) is 0 Å². The van der Waals surface area contributed by atoms with Crippen molar-refractivity contribution in [3.05, 3.63) is 93.4 Å². The molecule has 1 amide bonds. The van der Waals surface area contributed by atoms with E-state index >= 15 is 0 Å². The quantitative estimate of drug-likeness (QED) is 0.372. The van der Waals surface area contributed by atoms with E-state index in [4.69, 9.17) is 4.74 Å². The molecule has 1 spiro atoms. The second kappa shape index (κ2) is 7.60. The summed E-state index contributed by atoms with van der Waals surface area (Å²) in [5.74, 6) is 0.247. The number of allylic oxidation sites excluding steroid dienone is 3. The summed E-state index contributed by atoms with van der Waals surface area (Å²) < 4.78 is 7.07. The van der Waals surface area contributed by atoms with Crippen molar-refractivity contribution in [2.24, 2.45) is 16.0 Å². The van der Waals surface area contributed by atoms with Gasteiger partial charge in [0.05, 0.1) is 11.1 Å². The first-order valence-electron chi connectivity index (χ1n) is 12.0. The Morgan fingerprint density at radius 2 is 1.86 bits per heavy atom. The number of amides is 1. The Balaban J connectivity index is 1.63. The molecule has 0 bridgehead atoms. The average Bonchev–Trinajstić information content (AvgIpc) is 3.12. The summed E-state index contributed by atoms with van der Waals surface area (Å²) in [6, 6.07) is 13.7. The van der Waals surface area contributed by atoms with Crippen molar-refractivity contribution in [2.75, 3.05) is 0 Å². The largest absolute Gasteiger partial charge is 0.477 e. The highest BCUT2D eigenvalue weighted by Crippen LogP contribution is 2.63. The number of ether oxygens (including phenoxy) is 1. The van der Waals surface area contributed by atoms with E-state index in [0.717, 1.165) is 20.9 Å². The molecule has 4 aliphatic rings. The topological polar surface area (TPSA) is 91.2 Å². The number of carbonyl (C=O) groups excluding carboxylic acids is 1. The minimum absolute atomic E-state index is 0.306. The number of carbonyl (C=O) groups is 1. The molecule has 2 aromatic carbocycles. The number of fused-ring (bicyclic) bond motifs is 3. The van der Waals surface area contributed by atoms with Gasteiger partial charge in [-0.05, 0) is 48.8 Å². The first-order valence-corrected chi connectivity index (χ1v) is 12.9. The summed E-state index contributed by atoms with van der Waals surface area (Å²) in [6.45, 7) is 8.44. The van der Waals surface area contributed by atoms with E-state index in [2.05, 4.69) is 56.4 Å². The van der Waals surface area contributed by atoms with Crippen LogP contribution in [0.15, 0.2) is 86.8 Å². The van der Waals surface area contributed by atoms with E-state index in [0.29, 0.717) is 29.0 Å². The van der Waals surface area contributed by atoms with Gasteiger partial charge in [-0.1, -0.05) is 79.7 Å². The second-order valence-corrected chi connectivity index (χ2v) is 11.8. The molecule has 0 aromatic heterocycles. The predicted molar refractivity (Wildman–Crippen MR) is 139 cm³/mol. The highest BCUT2D eigenvalue weighted by atomic mass is 32.2. The van der Waals surface area contributed by atoms with Crippen LogP contribution in [0.25, 0.3) is 0 Å². The molecule has 2 heterocycles. The standard InChI is InChI=1S/C29H28N2O4S/c1-16-10-13-21-27(2,3)24(31-34)20(36-18-8-6-5-7-9-18)15-29(21)28(16,4)14-17-11-12-19-22(23(17)35-29)26(33)30-25(19)32/h5-13,15,26,33-34H,14H2,1-4H3,(H,30,32). The molecule has 0 saturated heterocycles. The maximum Gasteiger partial charge on any atom is 0.254 e. The molecule has 3 unspecified atom stereocenters. The van der Waals surface area contributed by atoms with E-state index in [1.165, 1.54) is 5.57 Å². The smallest absolute Gasteiger partial charge is 0.254 e. The molecule has 7 heteroatoms. The SMILES string of the molecule is CC1=CC=C2C(C)(C)C(=NO)C(Sc3ccccc3)=CC23Oc2c(ccc4c2C(O)NC4=O)CC13C. The van der Waals surface area contributed by atoms with Crippen LogP contribution in [0.5, 0.6) is 5.75 Å². The van der Waals surface area contributed by atoms with Crippen LogP contribution < -0.4 is 10.1 Å². The van der Waals surface area contributed by atoms with Crippen molar-refractivity contribution in [2.45, 2.75) is 50.8 Å². The van der Waals surface area contributed by atoms with Crippen LogP contribution in [0.2, 0.25) is 0 Å². The van der Waals surface area contributed by atoms with Gasteiger partial charge >= 0.3 is 0 Å². The molecule has 0 fully saturated rings. The molecule has 0 radical (unpaired) electrons. The number of nitrogens with zero attached hydrogens (tertiary/aromatic N) is 1. The molecule has 6 nitrogen and oxygen atoms in total. The van der Waals surface area contributed by atoms with Gasteiger partial charge in [0.2, 0.25) is 0 Å². The number of aliphatic hydroxyl groups is 1. The minimum atomic E-state index is -1.12. The fraction of sp³-hybridized carbons (Fsp3) is 0.310. The third kappa shape index (κ3) is 2.90. The Labute approximate surface area is 214 Å². The number of hydrogen-bond acceptors (Lipinski definition) is 6. The molecule has 2 aromatic rings. The Kier molecular flexibility index (Phi) is 4.89. The van der Waals surface area contributed by atoms with E-state index in [9.17, 15) is 15.1 Å². The van der Waals surface area contributed by atoms with E-state index in [-0.39, 0.29) is 5.91 Å². The maximum absolute atomic E-state index is 12.5. The number of thioether (sulfide) groups is 1. The third-order valence-corrected chi connectivity index (χ3v) is 9.40. The molecule has 36 heavy (non-hydrogen) atoms. The summed E-state index contributed by atoms with van der Waals surface area (Å²) >= 11 is 1.54. The van der Waals surface area contributed by atoms with Crippen molar-refractivity contribution in [3.63, 3.8) is 0 Å². The molecule has 184 valence electrons. The molecule has 3 atom stereocenters. The van der Waals surface area contributed by atoms with Crippen molar-refractivity contribution in [1.82, 2.24) is 5.32 Å². The summed E-state index contributed by atoms with van der Waals surface area (Å²) in [5.41, 5.74) is 2.60. The number of rotatable bonds is 2. The lowest BCUT2D eigenvalue weighted by Crippen LogP contribution is -2.62. The molecular formula is C29H28N2O4S. The van der Waals surface area contributed by atoms with Crippen molar-refractivity contribution >= 4 is 23.4 Å². The van der Waals surface area contributed by atoms with Crippen molar-refractivity contribution in [1.29, 1.82) is 0 Å². The van der Waals surface area contributed by atoms with Gasteiger partial charge in [-0.25, -0.2) is 0 Å². The molecule has 6 rings (SSSR count). The number of nitrogens with one attached hydrogen (secondary N) is 1. The van der Waals surface area contributed by atoms with Crippen LogP contribution in [-0.4, -0.2) is 27.5 Å². The lowest BCUT2D eigenvalue weighted by atomic mass is 9.52. The minimum Gasteiger partial charge on any atom is -0.477 e. The van der Waals surface area contributed by atoms with Crippen LogP contribution in [0.4, 0.5) is 0 Å². The average molecular weight is 501 g/mol. The van der Waals surface area contributed by atoms with Gasteiger partial charge < -0.3 is 20.4 Å². The molecule has 2 aliphatic carbocycles.